The van der Waals surface area contributed by atoms with Crippen molar-refractivity contribution in [2.75, 3.05) is 52.6 Å². The molecule has 2 atom stereocenters. The number of hydrogen-bond acceptors (Lipinski definition) is 20. The van der Waals surface area contributed by atoms with Gasteiger partial charge in [0.25, 0.3) is 0 Å². The summed E-state index contributed by atoms with van der Waals surface area (Å²) in [5.74, 6) is -5.82. The summed E-state index contributed by atoms with van der Waals surface area (Å²) in [5, 5.41) is 0. The fourth-order valence-electron chi connectivity index (χ4n) is 6.91. The molecule has 0 spiro atoms. The third kappa shape index (κ3) is 25.6. The highest BCUT2D eigenvalue weighted by atomic mass is 16.5. The Kier molecular flexibility index (Phi) is 35.9. The largest absolute Gasteiger partial charge is 0.461 e. The van der Waals surface area contributed by atoms with Gasteiger partial charge in [0.05, 0.1) is 0 Å². The summed E-state index contributed by atoms with van der Waals surface area (Å²) in [4.78, 5) is 134. The van der Waals surface area contributed by atoms with Gasteiger partial charge in [-0.05, 0) is 91.5 Å². The van der Waals surface area contributed by atoms with Crippen molar-refractivity contribution in [1.82, 2.24) is 0 Å². The summed E-state index contributed by atoms with van der Waals surface area (Å²) in [7, 11) is 0. The van der Waals surface area contributed by atoms with Crippen molar-refractivity contribution in [1.29, 1.82) is 0 Å². The quantitative estimate of drug-likeness (QED) is 0.0629. The zero-order valence-corrected chi connectivity index (χ0v) is 41.7. The number of carbonyl (C=O) groups excluding carboxylic acids is 12. The molecule has 0 aliphatic heterocycles. The zero-order valence-electron chi connectivity index (χ0n) is 41.7. The molecule has 0 radical (unpaired) electrons. The summed E-state index contributed by atoms with van der Waals surface area (Å²) in [6.45, 7) is 26.6. The van der Waals surface area contributed by atoms with E-state index in [2.05, 4.69) is 45.3 Å². The van der Waals surface area contributed by atoms with Gasteiger partial charge in [-0.25, -0.2) is 19.2 Å². The van der Waals surface area contributed by atoms with Crippen LogP contribution in [0.15, 0.2) is 62.8 Å². The summed E-state index contributed by atoms with van der Waals surface area (Å²) < 4.78 is 17.8. The Morgan fingerprint density at radius 3 is 0.743 bits per heavy atom. The SMILES string of the molecule is C=CC(=O)OCCN.C=CC(=O)OCCN.C=CC(=O)OCCN.C=CC(=O)OCCN.CC(=O)C1C(C(C)=O)C(C(C)=O)C1C(C)=O.CC(=O)c1cc2c(cc1C(C)=O)CC(C(C)=O)C(C(C)=O)C2. The van der Waals surface area contributed by atoms with Crippen LogP contribution in [-0.2, 0) is 79.7 Å². The van der Waals surface area contributed by atoms with Crippen LogP contribution in [0.1, 0.15) is 87.2 Å². The number of Topliss-reactive ketones (excluding diaryl/α,β-unsaturated/α-hetero) is 8. The molecule has 70 heavy (non-hydrogen) atoms. The maximum Gasteiger partial charge on any atom is 0.330 e. The van der Waals surface area contributed by atoms with Gasteiger partial charge < -0.3 is 41.9 Å². The van der Waals surface area contributed by atoms with Crippen LogP contribution >= 0.6 is 0 Å². The minimum atomic E-state index is -0.594. The average Bonchev–Trinajstić information content (AvgIpc) is 3.29. The highest BCUT2D eigenvalue weighted by molar-refractivity contribution is 6.08. The summed E-state index contributed by atoms with van der Waals surface area (Å²) in [5.41, 5.74) is 22.7. The van der Waals surface area contributed by atoms with Gasteiger partial charge in [-0.3, -0.25) is 38.4 Å². The Balaban J connectivity index is -0.000000822. The Morgan fingerprint density at radius 2 is 0.614 bits per heavy atom. The normalized spacial score (nSPS) is 17.5. The van der Waals surface area contributed by atoms with Crippen molar-refractivity contribution in [3.63, 3.8) is 0 Å². The average molecular weight is 985 g/mol. The highest BCUT2D eigenvalue weighted by Crippen LogP contribution is 2.48. The second kappa shape index (κ2) is 37.2. The van der Waals surface area contributed by atoms with E-state index in [4.69, 9.17) is 22.9 Å². The molecule has 0 aromatic heterocycles. The van der Waals surface area contributed by atoms with E-state index in [1.165, 1.54) is 55.4 Å². The van der Waals surface area contributed by atoms with E-state index in [9.17, 15) is 57.5 Å². The molecule has 20 heteroatoms. The maximum atomic E-state index is 11.8. The second-order valence-corrected chi connectivity index (χ2v) is 15.3. The predicted molar refractivity (Wildman–Crippen MR) is 260 cm³/mol. The lowest BCUT2D eigenvalue weighted by atomic mass is 9.52. The van der Waals surface area contributed by atoms with Crippen LogP contribution in [0.2, 0.25) is 0 Å². The predicted octanol–water partition coefficient (Wildman–Crippen LogP) is 2.12. The smallest absolute Gasteiger partial charge is 0.330 e. The second-order valence-electron chi connectivity index (χ2n) is 15.3. The number of ether oxygens (including phenoxy) is 4. The maximum absolute atomic E-state index is 11.8. The van der Waals surface area contributed by atoms with E-state index in [1.807, 2.05) is 0 Å². The first-order valence-corrected chi connectivity index (χ1v) is 21.9. The molecule has 1 fully saturated rings. The van der Waals surface area contributed by atoms with Crippen LogP contribution in [-0.4, -0.2) is 123 Å². The first-order chi connectivity index (χ1) is 32.7. The molecule has 1 saturated carbocycles. The Hall–Kier alpha value is -6.74. The Labute approximate surface area is 409 Å². The molecule has 0 heterocycles. The topological polar surface area (TPSA) is 346 Å². The fourth-order valence-corrected chi connectivity index (χ4v) is 6.91. The van der Waals surface area contributed by atoms with E-state index < -0.39 is 47.5 Å². The van der Waals surface area contributed by atoms with E-state index in [0.717, 1.165) is 35.4 Å². The van der Waals surface area contributed by atoms with Crippen molar-refractivity contribution in [3.8, 4) is 0 Å². The van der Waals surface area contributed by atoms with E-state index in [-0.39, 0.29) is 84.5 Å². The first kappa shape index (κ1) is 67.5. The van der Waals surface area contributed by atoms with Crippen LogP contribution in [0.3, 0.4) is 0 Å². The van der Waals surface area contributed by atoms with Gasteiger partial charge in [0, 0.05) is 97.1 Å². The van der Waals surface area contributed by atoms with Crippen molar-refractivity contribution < 1.29 is 76.5 Å². The monoisotopic (exact) mass is 984 g/mol. The number of rotatable bonds is 20. The molecule has 2 aliphatic rings. The molecule has 0 saturated heterocycles. The molecular formula is C50H72N4O16. The number of fused-ring (bicyclic) bond motifs is 1. The molecular weight excluding hydrogens is 913 g/mol. The van der Waals surface area contributed by atoms with Crippen LogP contribution < -0.4 is 22.9 Å². The molecule has 8 N–H and O–H groups in total. The van der Waals surface area contributed by atoms with Gasteiger partial charge in [-0.15, -0.1) is 0 Å². The van der Waals surface area contributed by atoms with Gasteiger partial charge in [0.1, 0.15) is 61.1 Å². The molecule has 0 bridgehead atoms. The van der Waals surface area contributed by atoms with Crippen LogP contribution in [0.25, 0.3) is 0 Å². The third-order valence-electron chi connectivity index (χ3n) is 10.0. The van der Waals surface area contributed by atoms with Gasteiger partial charge in [0.15, 0.2) is 11.6 Å². The van der Waals surface area contributed by atoms with Crippen molar-refractivity contribution in [2.45, 2.75) is 68.2 Å². The molecule has 3 rings (SSSR count). The lowest BCUT2D eigenvalue weighted by molar-refractivity contribution is -0.161. The summed E-state index contributed by atoms with van der Waals surface area (Å²) >= 11 is 0. The standard InChI is InChI=1S/C18H20O4.C12H16O4.4C5H9NO2/c1-9(19)15-5-13-7-17(11(3)21)18(12(4)22)8-14(13)6-16(15)10(2)20;1-5(13)9-10(6(2)14)12(8(4)16)11(9)7(3)15;4*1-2-5(7)8-4-3-6/h5-6,17-18H,7-8H2,1-4H3;9-12H,1-4H3;4*2H,1,3-4,6H2. The number of nitrogens with two attached hydrogens (primary N) is 4. The zero-order chi connectivity index (χ0) is 54.8. The summed E-state index contributed by atoms with van der Waals surface area (Å²) in [6, 6.07) is 3.45. The number of esters is 4. The number of hydrogen-bond donors (Lipinski definition) is 4. The van der Waals surface area contributed by atoms with Gasteiger partial charge in [0.2, 0.25) is 0 Å². The van der Waals surface area contributed by atoms with Crippen molar-refractivity contribution >= 4 is 70.1 Å². The third-order valence-corrected chi connectivity index (χ3v) is 10.0. The molecule has 2 unspecified atom stereocenters. The lowest BCUT2D eigenvalue weighted by Gasteiger charge is -2.47. The minimum Gasteiger partial charge on any atom is -0.461 e. The molecule has 2 aliphatic carbocycles. The highest BCUT2D eigenvalue weighted by Gasteiger charge is 2.58. The molecule has 1 aromatic rings. The first-order valence-electron chi connectivity index (χ1n) is 21.9. The van der Waals surface area contributed by atoms with E-state index >= 15 is 0 Å². The van der Waals surface area contributed by atoms with E-state index in [0.29, 0.717) is 50.1 Å². The fraction of sp³-hybridized carbons (Fsp3) is 0.480. The van der Waals surface area contributed by atoms with Gasteiger partial charge in [-0.1, -0.05) is 26.3 Å². The number of benzene rings is 1. The van der Waals surface area contributed by atoms with Crippen LogP contribution in [0.5, 0.6) is 0 Å². The minimum absolute atomic E-state index is 0.00845. The van der Waals surface area contributed by atoms with Gasteiger partial charge >= 0.3 is 23.9 Å². The molecule has 388 valence electrons. The van der Waals surface area contributed by atoms with Crippen LogP contribution in [0, 0.1) is 35.5 Å². The molecule has 0 amide bonds. The molecule has 1 aromatic carbocycles. The van der Waals surface area contributed by atoms with Crippen molar-refractivity contribution in [2.24, 2.45) is 58.4 Å². The Morgan fingerprint density at radius 1 is 0.414 bits per heavy atom. The number of carbonyl (C=O) groups is 12. The van der Waals surface area contributed by atoms with E-state index in [1.54, 1.807) is 12.1 Å². The molecule has 20 nitrogen and oxygen atoms in total. The van der Waals surface area contributed by atoms with Crippen molar-refractivity contribution in [3.05, 3.63) is 85.0 Å². The summed E-state index contributed by atoms with van der Waals surface area (Å²) in [6.07, 6.45) is 5.33. The number of ketones is 8. The van der Waals surface area contributed by atoms with Gasteiger partial charge in [-0.2, -0.15) is 0 Å². The Bertz CT molecular complexity index is 1820. The van der Waals surface area contributed by atoms with Crippen LogP contribution in [0.4, 0.5) is 0 Å². The lowest BCUT2D eigenvalue weighted by Crippen LogP contribution is -2.58.